The quantitative estimate of drug-likeness (QED) is 0.738. The van der Waals surface area contributed by atoms with Gasteiger partial charge in [-0.05, 0) is 67.0 Å². The summed E-state index contributed by atoms with van der Waals surface area (Å²) in [7, 11) is 1.36. The highest BCUT2D eigenvalue weighted by atomic mass is 16.5. The second kappa shape index (κ2) is 9.14. The Labute approximate surface area is 177 Å². The average Bonchev–Trinajstić information content (AvgIpc) is 3.15. The zero-order chi connectivity index (χ0) is 21.1. The summed E-state index contributed by atoms with van der Waals surface area (Å²) in [5, 5.41) is 10.7. The van der Waals surface area contributed by atoms with E-state index in [4.69, 9.17) is 9.47 Å². The molecule has 1 saturated heterocycles. The molecule has 1 aliphatic heterocycles. The van der Waals surface area contributed by atoms with Crippen molar-refractivity contribution in [3.63, 3.8) is 0 Å². The average molecular weight is 411 g/mol. The first kappa shape index (κ1) is 20.8. The fourth-order valence-corrected chi connectivity index (χ4v) is 4.69. The first-order valence-electron chi connectivity index (χ1n) is 10.7. The summed E-state index contributed by atoms with van der Waals surface area (Å²) in [6.07, 6.45) is 3.87. The van der Waals surface area contributed by atoms with Crippen LogP contribution in [0.15, 0.2) is 42.6 Å². The van der Waals surface area contributed by atoms with Crippen LogP contribution >= 0.6 is 0 Å². The standard InChI is InChI=1S/C24H30N2O4/c1-3-16-4-7-20(25-12-16)15-26-13-18-10-22(27)23(11-19(18)14-26)30-21-8-5-17(6-9-21)24(28)29-2/h4-9,12,18-19,22-23,27H,3,10-11,13-15H2,1-2H3/t18-,19+,22+,23+/m0/s1. The highest BCUT2D eigenvalue weighted by molar-refractivity contribution is 5.89. The molecule has 2 aliphatic rings. The molecule has 0 bridgehead atoms. The van der Waals surface area contributed by atoms with E-state index in [1.54, 1.807) is 24.3 Å². The van der Waals surface area contributed by atoms with Crippen molar-refractivity contribution < 1.29 is 19.4 Å². The topological polar surface area (TPSA) is 71.9 Å². The molecule has 4 atom stereocenters. The van der Waals surface area contributed by atoms with Crippen molar-refractivity contribution in [2.24, 2.45) is 11.8 Å². The molecule has 2 heterocycles. The van der Waals surface area contributed by atoms with Crippen molar-refractivity contribution in [2.75, 3.05) is 20.2 Å². The lowest BCUT2D eigenvalue weighted by atomic mass is 9.78. The third kappa shape index (κ3) is 4.65. The smallest absolute Gasteiger partial charge is 0.337 e. The van der Waals surface area contributed by atoms with Crippen LogP contribution in [-0.4, -0.2) is 53.4 Å². The van der Waals surface area contributed by atoms with Gasteiger partial charge in [0.25, 0.3) is 0 Å². The number of likely N-dealkylation sites (tertiary alicyclic amines) is 1. The van der Waals surface area contributed by atoms with E-state index in [0.717, 1.165) is 44.6 Å². The van der Waals surface area contributed by atoms with Gasteiger partial charge in [-0.2, -0.15) is 0 Å². The molecule has 1 aromatic carbocycles. The van der Waals surface area contributed by atoms with E-state index >= 15 is 0 Å². The Balaban J connectivity index is 1.34. The molecule has 6 heteroatoms. The second-order valence-electron chi connectivity index (χ2n) is 8.44. The number of methoxy groups -OCH3 is 1. The van der Waals surface area contributed by atoms with Gasteiger partial charge in [-0.1, -0.05) is 13.0 Å². The number of hydrogen-bond acceptors (Lipinski definition) is 6. The zero-order valence-corrected chi connectivity index (χ0v) is 17.7. The molecule has 1 aromatic heterocycles. The number of rotatable bonds is 6. The molecule has 1 aliphatic carbocycles. The predicted molar refractivity (Wildman–Crippen MR) is 113 cm³/mol. The fourth-order valence-electron chi connectivity index (χ4n) is 4.69. The lowest BCUT2D eigenvalue weighted by molar-refractivity contribution is -0.0231. The van der Waals surface area contributed by atoms with Crippen LogP contribution in [0.2, 0.25) is 0 Å². The minimum absolute atomic E-state index is 0.225. The van der Waals surface area contributed by atoms with Gasteiger partial charge in [0.2, 0.25) is 0 Å². The van der Waals surface area contributed by atoms with Crippen molar-refractivity contribution in [3.8, 4) is 5.75 Å². The van der Waals surface area contributed by atoms with Crippen LogP contribution in [0.5, 0.6) is 5.75 Å². The minimum Gasteiger partial charge on any atom is -0.488 e. The van der Waals surface area contributed by atoms with Gasteiger partial charge in [0.05, 0.1) is 24.5 Å². The summed E-state index contributed by atoms with van der Waals surface area (Å²) in [5.74, 6) is 1.31. The number of pyridine rings is 1. The number of aryl methyl sites for hydroxylation is 1. The number of carbonyl (C=O) groups excluding carboxylic acids is 1. The van der Waals surface area contributed by atoms with Gasteiger partial charge in [0.15, 0.2) is 0 Å². The summed E-state index contributed by atoms with van der Waals surface area (Å²) in [6.45, 7) is 5.00. The molecule has 0 amide bonds. The number of aromatic nitrogens is 1. The Morgan fingerprint density at radius 3 is 2.50 bits per heavy atom. The number of esters is 1. The van der Waals surface area contributed by atoms with Gasteiger partial charge in [0, 0.05) is 25.8 Å². The van der Waals surface area contributed by atoms with Gasteiger partial charge in [0.1, 0.15) is 11.9 Å². The number of nitrogens with zero attached hydrogens (tertiary/aromatic N) is 2. The molecule has 4 rings (SSSR count). The minimum atomic E-state index is -0.478. The van der Waals surface area contributed by atoms with E-state index < -0.39 is 6.10 Å². The number of fused-ring (bicyclic) bond motifs is 1. The van der Waals surface area contributed by atoms with Crippen LogP contribution in [0.3, 0.4) is 0 Å². The number of carbonyl (C=O) groups is 1. The zero-order valence-electron chi connectivity index (χ0n) is 17.7. The maximum atomic E-state index is 11.6. The van der Waals surface area contributed by atoms with Gasteiger partial charge in [-0.15, -0.1) is 0 Å². The Morgan fingerprint density at radius 2 is 1.87 bits per heavy atom. The fraction of sp³-hybridized carbons (Fsp3) is 0.500. The van der Waals surface area contributed by atoms with Crippen molar-refractivity contribution in [1.82, 2.24) is 9.88 Å². The molecule has 2 fully saturated rings. The molecule has 0 spiro atoms. The summed E-state index contributed by atoms with van der Waals surface area (Å²) in [5.41, 5.74) is 2.85. The summed E-state index contributed by atoms with van der Waals surface area (Å²) >= 11 is 0. The van der Waals surface area contributed by atoms with Crippen LogP contribution in [0, 0.1) is 11.8 Å². The Bertz CT molecular complexity index is 853. The van der Waals surface area contributed by atoms with Gasteiger partial charge in [-0.25, -0.2) is 4.79 Å². The van der Waals surface area contributed by atoms with E-state index in [1.807, 2.05) is 6.20 Å². The van der Waals surface area contributed by atoms with Gasteiger partial charge < -0.3 is 14.6 Å². The van der Waals surface area contributed by atoms with Crippen LogP contribution in [0.4, 0.5) is 0 Å². The van der Waals surface area contributed by atoms with Crippen LogP contribution in [0.25, 0.3) is 0 Å². The van der Waals surface area contributed by atoms with E-state index in [0.29, 0.717) is 23.1 Å². The van der Waals surface area contributed by atoms with E-state index in [9.17, 15) is 9.90 Å². The number of aliphatic hydroxyl groups is 1. The highest BCUT2D eigenvalue weighted by Gasteiger charge is 2.42. The monoisotopic (exact) mass is 410 g/mol. The van der Waals surface area contributed by atoms with E-state index in [2.05, 4.69) is 28.9 Å². The predicted octanol–water partition coefficient (Wildman–Crippen LogP) is 3.08. The van der Waals surface area contributed by atoms with Gasteiger partial charge >= 0.3 is 5.97 Å². The van der Waals surface area contributed by atoms with Crippen LogP contribution in [-0.2, 0) is 17.7 Å². The molecule has 2 aromatic rings. The molecular weight excluding hydrogens is 380 g/mol. The first-order chi connectivity index (χ1) is 14.6. The third-order valence-electron chi connectivity index (χ3n) is 6.40. The number of aliphatic hydroxyl groups excluding tert-OH is 1. The Hall–Kier alpha value is -2.44. The van der Waals surface area contributed by atoms with Crippen LogP contribution in [0.1, 0.15) is 41.4 Å². The van der Waals surface area contributed by atoms with E-state index in [1.165, 1.54) is 12.7 Å². The van der Waals surface area contributed by atoms with E-state index in [-0.39, 0.29) is 12.1 Å². The molecule has 30 heavy (non-hydrogen) atoms. The SMILES string of the molecule is CCc1ccc(CN2C[C@H]3C[C@@H](Oc4ccc(C(=O)OC)cc4)[C@H](O)C[C@H]3C2)nc1. The molecule has 1 saturated carbocycles. The number of hydrogen-bond donors (Lipinski definition) is 1. The number of ether oxygens (including phenoxy) is 2. The van der Waals surface area contributed by atoms with Crippen molar-refractivity contribution in [1.29, 1.82) is 0 Å². The summed E-state index contributed by atoms with van der Waals surface area (Å²) < 4.78 is 10.8. The lowest BCUT2D eigenvalue weighted by Gasteiger charge is -2.35. The lowest BCUT2D eigenvalue weighted by Crippen LogP contribution is -2.42. The maximum absolute atomic E-state index is 11.6. The normalized spacial score (nSPS) is 26.2. The number of benzene rings is 1. The Morgan fingerprint density at radius 1 is 1.13 bits per heavy atom. The summed E-state index contributed by atoms with van der Waals surface area (Å²) in [6, 6.07) is 11.2. The highest BCUT2D eigenvalue weighted by Crippen LogP contribution is 2.38. The Kier molecular flexibility index (Phi) is 6.35. The molecule has 0 unspecified atom stereocenters. The van der Waals surface area contributed by atoms with Crippen molar-refractivity contribution in [2.45, 2.75) is 44.9 Å². The molecule has 6 nitrogen and oxygen atoms in total. The maximum Gasteiger partial charge on any atom is 0.337 e. The largest absolute Gasteiger partial charge is 0.488 e. The summed E-state index contributed by atoms with van der Waals surface area (Å²) in [4.78, 5) is 18.6. The second-order valence-corrected chi connectivity index (χ2v) is 8.44. The van der Waals surface area contributed by atoms with Crippen molar-refractivity contribution >= 4 is 5.97 Å². The molecule has 0 radical (unpaired) electrons. The molecular formula is C24H30N2O4. The van der Waals surface area contributed by atoms with Gasteiger partial charge in [-0.3, -0.25) is 9.88 Å². The molecule has 160 valence electrons. The van der Waals surface area contributed by atoms with Crippen molar-refractivity contribution in [3.05, 3.63) is 59.4 Å². The van der Waals surface area contributed by atoms with Crippen LogP contribution < -0.4 is 4.74 Å². The first-order valence-corrected chi connectivity index (χ1v) is 10.7. The third-order valence-corrected chi connectivity index (χ3v) is 6.40. The molecule has 1 N–H and O–H groups in total.